The fourth-order valence-electron chi connectivity index (χ4n) is 2.50. The molecule has 1 saturated heterocycles. The van der Waals surface area contributed by atoms with Gasteiger partial charge in [0.15, 0.2) is 0 Å². The van der Waals surface area contributed by atoms with Crippen molar-refractivity contribution < 1.29 is 4.74 Å². The molecule has 0 aromatic heterocycles. The molecule has 3 rings (SSSR count). The molecule has 2 aromatic rings. The number of benzene rings is 2. The van der Waals surface area contributed by atoms with Crippen LogP contribution in [0.3, 0.4) is 0 Å². The summed E-state index contributed by atoms with van der Waals surface area (Å²) in [5, 5.41) is 4.91. The Morgan fingerprint density at radius 2 is 1.75 bits per heavy atom. The van der Waals surface area contributed by atoms with Crippen LogP contribution in [0.2, 0.25) is 10.0 Å². The lowest BCUT2D eigenvalue weighted by Crippen LogP contribution is -2.41. The topological polar surface area (TPSA) is 21.3 Å². The Balaban J connectivity index is 0.00000100. The molecule has 2 nitrogen and oxygen atoms in total. The number of nitrogens with one attached hydrogen (secondary N) is 1. The fraction of sp³-hybridized carbons (Fsp3) is 0.333. The van der Waals surface area contributed by atoms with Crippen molar-refractivity contribution in [1.29, 1.82) is 0 Å². The third kappa shape index (κ3) is 5.51. The maximum Gasteiger partial charge on any atom is 0.0862 e. The van der Waals surface area contributed by atoms with Crippen molar-refractivity contribution >= 4 is 57.6 Å². The molecule has 24 heavy (non-hydrogen) atoms. The second kappa shape index (κ2) is 10.9. The highest BCUT2D eigenvalue weighted by Crippen LogP contribution is 2.44. The highest BCUT2D eigenvalue weighted by molar-refractivity contribution is 14.1. The van der Waals surface area contributed by atoms with E-state index in [9.17, 15) is 0 Å². The average Bonchev–Trinajstić information content (AvgIpc) is 2.65. The van der Waals surface area contributed by atoms with E-state index in [1.165, 1.54) is 5.56 Å². The van der Waals surface area contributed by atoms with Crippen molar-refractivity contribution in [1.82, 2.24) is 5.32 Å². The Morgan fingerprint density at radius 1 is 1.08 bits per heavy atom. The number of morpholine rings is 1. The van der Waals surface area contributed by atoms with Crippen molar-refractivity contribution in [2.45, 2.75) is 16.2 Å². The van der Waals surface area contributed by atoms with Gasteiger partial charge in [-0.1, -0.05) is 82.2 Å². The summed E-state index contributed by atoms with van der Waals surface area (Å²) in [6.07, 6.45) is 0.0912. The van der Waals surface area contributed by atoms with Crippen molar-refractivity contribution in [3.8, 4) is 0 Å². The number of hydrogen-bond acceptors (Lipinski definition) is 3. The number of thioether (sulfide) groups is 1. The summed E-state index contributed by atoms with van der Waals surface area (Å²) in [6.45, 7) is 2.45. The monoisotopic (exact) mass is 495 g/mol. The molecular formula is C18H20Cl2INOS. The van der Waals surface area contributed by atoms with E-state index in [0.717, 1.165) is 24.6 Å². The highest BCUT2D eigenvalue weighted by Gasteiger charge is 2.28. The molecule has 6 heteroatoms. The first-order chi connectivity index (χ1) is 11.8. The van der Waals surface area contributed by atoms with E-state index in [2.05, 4.69) is 40.0 Å². The molecule has 1 aliphatic rings. The Bertz CT molecular complexity index is 603. The molecule has 0 spiro atoms. The smallest absolute Gasteiger partial charge is 0.0862 e. The van der Waals surface area contributed by atoms with Crippen LogP contribution in [-0.4, -0.2) is 30.7 Å². The maximum atomic E-state index is 6.34. The first-order valence-corrected chi connectivity index (χ1v) is 11.4. The van der Waals surface area contributed by atoms with Crippen LogP contribution >= 0.6 is 57.6 Å². The largest absolute Gasteiger partial charge is 0.374 e. The predicted octanol–water partition coefficient (Wildman–Crippen LogP) is 5.87. The van der Waals surface area contributed by atoms with Gasteiger partial charge in [0.25, 0.3) is 0 Å². The Morgan fingerprint density at radius 3 is 2.33 bits per heavy atom. The van der Waals surface area contributed by atoms with Crippen LogP contribution in [0.4, 0.5) is 0 Å². The minimum Gasteiger partial charge on any atom is -0.374 e. The molecule has 0 unspecified atom stereocenters. The minimum absolute atomic E-state index is 0.0912. The van der Waals surface area contributed by atoms with Gasteiger partial charge in [0.1, 0.15) is 0 Å². The summed E-state index contributed by atoms with van der Waals surface area (Å²) in [6, 6.07) is 16.0. The van der Waals surface area contributed by atoms with Crippen LogP contribution in [0.25, 0.3) is 0 Å². The molecule has 2 atom stereocenters. The first kappa shape index (κ1) is 20.3. The van der Waals surface area contributed by atoms with Gasteiger partial charge in [-0.25, -0.2) is 0 Å². The standard InChI is InChI=1S/C17H17Cl2NOS.CH3I/c18-13-7-4-8-14(19)17(13)22-16(12-5-2-1-3-6-12)15-11-20-9-10-21-15;1-2/h1-8,15-16,20H,9-11H2;1H3/t15-,16-;/m1./s1. The summed E-state index contributed by atoms with van der Waals surface area (Å²) in [7, 11) is 0. The van der Waals surface area contributed by atoms with Crippen molar-refractivity contribution in [2.24, 2.45) is 0 Å². The molecule has 0 aliphatic carbocycles. The van der Waals surface area contributed by atoms with E-state index in [-0.39, 0.29) is 11.4 Å². The summed E-state index contributed by atoms with van der Waals surface area (Å²) < 4.78 is 5.98. The summed E-state index contributed by atoms with van der Waals surface area (Å²) in [5.41, 5.74) is 1.22. The molecule has 0 amide bonds. The van der Waals surface area contributed by atoms with Crippen LogP contribution in [0, 0.1) is 0 Å². The quantitative estimate of drug-likeness (QED) is 0.325. The molecule has 2 aromatic carbocycles. The van der Waals surface area contributed by atoms with Crippen LogP contribution in [0.5, 0.6) is 0 Å². The lowest BCUT2D eigenvalue weighted by atomic mass is 10.1. The SMILES string of the molecule is CI.Clc1cccc(Cl)c1S[C@H](c1ccccc1)[C@H]1CNCCO1. The van der Waals surface area contributed by atoms with Crippen LogP contribution in [0.1, 0.15) is 10.8 Å². The second-order valence-corrected chi connectivity index (χ2v) is 7.08. The summed E-state index contributed by atoms with van der Waals surface area (Å²) in [5.74, 6) is 0. The van der Waals surface area contributed by atoms with E-state index >= 15 is 0 Å². The van der Waals surface area contributed by atoms with Gasteiger partial charge in [-0.2, -0.15) is 0 Å². The van der Waals surface area contributed by atoms with Gasteiger partial charge in [-0.05, 0) is 22.6 Å². The highest BCUT2D eigenvalue weighted by atomic mass is 127. The third-order valence-corrected chi connectivity index (χ3v) is 5.95. The number of alkyl halides is 1. The molecule has 1 heterocycles. The van der Waals surface area contributed by atoms with Crippen molar-refractivity contribution in [2.75, 3.05) is 24.6 Å². The Hall–Kier alpha value is 0.0200. The van der Waals surface area contributed by atoms with Gasteiger partial charge in [0.05, 0.1) is 28.0 Å². The predicted molar refractivity (Wildman–Crippen MR) is 114 cm³/mol. The van der Waals surface area contributed by atoms with Gasteiger partial charge in [-0.15, -0.1) is 11.8 Å². The Kier molecular flexibility index (Phi) is 9.22. The lowest BCUT2D eigenvalue weighted by Gasteiger charge is -2.31. The summed E-state index contributed by atoms with van der Waals surface area (Å²) in [4.78, 5) is 2.88. The number of ether oxygens (including phenoxy) is 1. The van der Waals surface area contributed by atoms with E-state index in [0.29, 0.717) is 10.0 Å². The number of rotatable bonds is 4. The zero-order valence-corrected chi connectivity index (χ0v) is 17.8. The second-order valence-electron chi connectivity index (χ2n) is 5.11. The molecule has 0 saturated carbocycles. The van der Waals surface area contributed by atoms with E-state index in [1.807, 2.05) is 41.3 Å². The zero-order valence-electron chi connectivity index (χ0n) is 13.3. The van der Waals surface area contributed by atoms with E-state index in [1.54, 1.807) is 11.8 Å². The van der Waals surface area contributed by atoms with Gasteiger partial charge in [0.2, 0.25) is 0 Å². The van der Waals surface area contributed by atoms with Crippen LogP contribution in [-0.2, 0) is 4.74 Å². The molecule has 1 fully saturated rings. The summed E-state index contributed by atoms with van der Waals surface area (Å²) >= 11 is 16.5. The normalized spacial score (nSPS) is 18.4. The molecule has 0 bridgehead atoms. The first-order valence-electron chi connectivity index (χ1n) is 7.61. The van der Waals surface area contributed by atoms with Gasteiger partial charge in [-0.3, -0.25) is 0 Å². The third-order valence-electron chi connectivity index (χ3n) is 3.59. The molecular weight excluding hydrogens is 476 g/mol. The average molecular weight is 496 g/mol. The number of hydrogen-bond donors (Lipinski definition) is 1. The lowest BCUT2D eigenvalue weighted by molar-refractivity contribution is 0.0273. The molecule has 1 N–H and O–H groups in total. The van der Waals surface area contributed by atoms with E-state index in [4.69, 9.17) is 27.9 Å². The Labute approximate surface area is 171 Å². The van der Waals surface area contributed by atoms with E-state index < -0.39 is 0 Å². The van der Waals surface area contributed by atoms with Crippen molar-refractivity contribution in [3.05, 3.63) is 64.1 Å². The van der Waals surface area contributed by atoms with Gasteiger partial charge >= 0.3 is 0 Å². The molecule has 1 aliphatic heterocycles. The zero-order chi connectivity index (χ0) is 17.4. The maximum absolute atomic E-state index is 6.34. The van der Waals surface area contributed by atoms with Crippen LogP contribution in [0.15, 0.2) is 53.4 Å². The van der Waals surface area contributed by atoms with Gasteiger partial charge < -0.3 is 10.1 Å². The molecule has 130 valence electrons. The minimum atomic E-state index is 0.0912. The molecule has 0 radical (unpaired) electrons. The number of halogens is 3. The van der Waals surface area contributed by atoms with Gasteiger partial charge in [0, 0.05) is 18.0 Å². The van der Waals surface area contributed by atoms with Crippen molar-refractivity contribution in [3.63, 3.8) is 0 Å². The van der Waals surface area contributed by atoms with Crippen LogP contribution < -0.4 is 5.32 Å². The fourth-order valence-corrected chi connectivity index (χ4v) is 4.40.